The second-order valence-electron chi connectivity index (χ2n) is 5.84. The SMILES string of the molecule is Cc1ccccc1C(C)C(=O)NCCc1cnc2c(Cl)cnn2c1. The molecule has 0 fully saturated rings. The summed E-state index contributed by atoms with van der Waals surface area (Å²) in [6, 6.07) is 7.96. The molecule has 5 nitrogen and oxygen atoms in total. The lowest BCUT2D eigenvalue weighted by atomic mass is 9.96. The van der Waals surface area contributed by atoms with Crippen molar-refractivity contribution in [3.8, 4) is 0 Å². The lowest BCUT2D eigenvalue weighted by molar-refractivity contribution is -0.122. The molecule has 24 heavy (non-hydrogen) atoms. The zero-order chi connectivity index (χ0) is 17.1. The van der Waals surface area contributed by atoms with Gasteiger partial charge in [-0.1, -0.05) is 35.9 Å². The number of fused-ring (bicyclic) bond motifs is 1. The molecule has 0 aliphatic carbocycles. The molecule has 3 rings (SSSR count). The number of aryl methyl sites for hydroxylation is 1. The Bertz CT molecular complexity index is 874. The van der Waals surface area contributed by atoms with Crippen molar-refractivity contribution in [2.75, 3.05) is 6.54 Å². The number of aromatic nitrogens is 3. The molecule has 0 saturated carbocycles. The molecule has 0 saturated heterocycles. The highest BCUT2D eigenvalue weighted by atomic mass is 35.5. The summed E-state index contributed by atoms with van der Waals surface area (Å²) in [5.41, 5.74) is 3.82. The molecule has 0 bridgehead atoms. The summed E-state index contributed by atoms with van der Waals surface area (Å²) < 4.78 is 1.65. The van der Waals surface area contributed by atoms with E-state index in [1.54, 1.807) is 16.9 Å². The summed E-state index contributed by atoms with van der Waals surface area (Å²) in [7, 11) is 0. The third kappa shape index (κ3) is 3.41. The van der Waals surface area contributed by atoms with E-state index >= 15 is 0 Å². The van der Waals surface area contributed by atoms with Crippen LogP contribution in [0.4, 0.5) is 0 Å². The Morgan fingerprint density at radius 3 is 2.92 bits per heavy atom. The average Bonchev–Trinajstić information content (AvgIpc) is 2.95. The second-order valence-corrected chi connectivity index (χ2v) is 6.25. The van der Waals surface area contributed by atoms with Gasteiger partial charge in [-0.25, -0.2) is 9.50 Å². The predicted octanol–water partition coefficient (Wildman–Crippen LogP) is 3.15. The first-order valence-corrected chi connectivity index (χ1v) is 8.25. The maximum absolute atomic E-state index is 12.3. The van der Waals surface area contributed by atoms with Crippen molar-refractivity contribution in [3.63, 3.8) is 0 Å². The minimum Gasteiger partial charge on any atom is -0.355 e. The number of nitrogens with one attached hydrogen (secondary N) is 1. The number of rotatable bonds is 5. The van der Waals surface area contributed by atoms with Crippen LogP contribution in [0.15, 0.2) is 42.9 Å². The average molecular weight is 343 g/mol. The van der Waals surface area contributed by atoms with Gasteiger partial charge in [0.05, 0.1) is 12.1 Å². The first-order chi connectivity index (χ1) is 11.6. The van der Waals surface area contributed by atoms with Crippen LogP contribution in [-0.4, -0.2) is 27.0 Å². The molecule has 0 aliphatic heterocycles. The Morgan fingerprint density at radius 1 is 1.33 bits per heavy atom. The van der Waals surface area contributed by atoms with E-state index in [0.717, 1.165) is 16.7 Å². The zero-order valence-electron chi connectivity index (χ0n) is 13.7. The van der Waals surface area contributed by atoms with Crippen molar-refractivity contribution >= 4 is 23.2 Å². The van der Waals surface area contributed by atoms with Gasteiger partial charge in [0.1, 0.15) is 5.02 Å². The van der Waals surface area contributed by atoms with Gasteiger partial charge in [0.15, 0.2) is 5.65 Å². The van der Waals surface area contributed by atoms with Crippen LogP contribution >= 0.6 is 11.6 Å². The summed E-state index contributed by atoms with van der Waals surface area (Å²) in [5.74, 6) is -0.141. The highest BCUT2D eigenvalue weighted by Gasteiger charge is 2.16. The van der Waals surface area contributed by atoms with E-state index < -0.39 is 0 Å². The number of nitrogens with zero attached hydrogens (tertiary/aromatic N) is 3. The fourth-order valence-corrected chi connectivity index (χ4v) is 2.89. The highest BCUT2D eigenvalue weighted by Crippen LogP contribution is 2.19. The first kappa shape index (κ1) is 16.5. The van der Waals surface area contributed by atoms with Gasteiger partial charge in [-0.15, -0.1) is 0 Å². The molecule has 6 heteroatoms. The summed E-state index contributed by atoms with van der Waals surface area (Å²) in [6.07, 6.45) is 5.90. The molecule has 124 valence electrons. The van der Waals surface area contributed by atoms with Crippen LogP contribution in [0, 0.1) is 6.92 Å². The van der Waals surface area contributed by atoms with Gasteiger partial charge in [0.2, 0.25) is 5.91 Å². The van der Waals surface area contributed by atoms with Gasteiger partial charge in [0.25, 0.3) is 0 Å². The van der Waals surface area contributed by atoms with Crippen LogP contribution < -0.4 is 5.32 Å². The third-order valence-corrected chi connectivity index (χ3v) is 4.39. The molecule has 1 N–H and O–H groups in total. The molecular formula is C18H19ClN4O. The van der Waals surface area contributed by atoms with Crippen molar-refractivity contribution in [1.29, 1.82) is 0 Å². The van der Waals surface area contributed by atoms with Crippen molar-refractivity contribution in [1.82, 2.24) is 19.9 Å². The standard InChI is InChI=1S/C18H19ClN4O/c1-12-5-3-4-6-15(12)13(2)18(24)20-8-7-14-9-21-17-16(19)10-22-23(17)11-14/h3-6,9-11,13H,7-8H2,1-2H3,(H,20,24). The lowest BCUT2D eigenvalue weighted by Gasteiger charge is -2.14. The van der Waals surface area contributed by atoms with Crippen LogP contribution in [0.1, 0.15) is 29.5 Å². The van der Waals surface area contributed by atoms with E-state index in [9.17, 15) is 4.79 Å². The quantitative estimate of drug-likeness (QED) is 0.774. The first-order valence-electron chi connectivity index (χ1n) is 7.87. The fourth-order valence-electron chi connectivity index (χ4n) is 2.71. The number of benzene rings is 1. The van der Waals surface area contributed by atoms with E-state index in [1.807, 2.05) is 44.3 Å². The van der Waals surface area contributed by atoms with E-state index in [2.05, 4.69) is 15.4 Å². The maximum atomic E-state index is 12.3. The number of halogens is 1. The fraction of sp³-hybridized carbons (Fsp3) is 0.278. The molecule has 2 aromatic heterocycles. The minimum absolute atomic E-state index is 0.0282. The Balaban J connectivity index is 1.59. The highest BCUT2D eigenvalue weighted by molar-refractivity contribution is 6.33. The normalized spacial score (nSPS) is 12.3. The van der Waals surface area contributed by atoms with Crippen molar-refractivity contribution in [2.45, 2.75) is 26.2 Å². The Hall–Kier alpha value is -2.40. The Morgan fingerprint density at radius 2 is 2.12 bits per heavy atom. The van der Waals surface area contributed by atoms with Crippen LogP contribution in [0.3, 0.4) is 0 Å². The van der Waals surface area contributed by atoms with Crippen molar-refractivity contribution in [3.05, 3.63) is 64.6 Å². The molecule has 1 unspecified atom stereocenters. The molecule has 0 radical (unpaired) electrons. The summed E-state index contributed by atoms with van der Waals surface area (Å²) in [4.78, 5) is 16.6. The molecule has 3 aromatic rings. The van der Waals surface area contributed by atoms with Crippen molar-refractivity contribution in [2.24, 2.45) is 0 Å². The van der Waals surface area contributed by atoms with Crippen LogP contribution in [-0.2, 0) is 11.2 Å². The van der Waals surface area contributed by atoms with Gasteiger partial charge >= 0.3 is 0 Å². The summed E-state index contributed by atoms with van der Waals surface area (Å²) in [6.45, 7) is 4.50. The van der Waals surface area contributed by atoms with Gasteiger partial charge in [-0.05, 0) is 37.0 Å². The molecule has 1 amide bonds. The molecule has 1 atom stereocenters. The molecule has 0 aliphatic rings. The largest absolute Gasteiger partial charge is 0.355 e. The number of carbonyl (C=O) groups is 1. The summed E-state index contributed by atoms with van der Waals surface area (Å²) in [5, 5.41) is 7.65. The number of carbonyl (C=O) groups excluding carboxylic acids is 1. The Labute approximate surface area is 145 Å². The van der Waals surface area contributed by atoms with Crippen LogP contribution in [0.2, 0.25) is 5.02 Å². The van der Waals surface area contributed by atoms with E-state index in [1.165, 1.54) is 0 Å². The van der Waals surface area contributed by atoms with Gasteiger partial charge in [-0.2, -0.15) is 5.10 Å². The predicted molar refractivity (Wildman–Crippen MR) is 94.3 cm³/mol. The number of hydrogen-bond acceptors (Lipinski definition) is 3. The number of hydrogen-bond donors (Lipinski definition) is 1. The lowest BCUT2D eigenvalue weighted by Crippen LogP contribution is -2.30. The van der Waals surface area contributed by atoms with Crippen molar-refractivity contribution < 1.29 is 4.79 Å². The monoisotopic (exact) mass is 342 g/mol. The molecular weight excluding hydrogens is 324 g/mol. The van der Waals surface area contributed by atoms with E-state index in [0.29, 0.717) is 23.6 Å². The number of amides is 1. The van der Waals surface area contributed by atoms with Crippen LogP contribution in [0.25, 0.3) is 5.65 Å². The van der Waals surface area contributed by atoms with E-state index in [-0.39, 0.29) is 11.8 Å². The molecule has 1 aromatic carbocycles. The molecule has 2 heterocycles. The zero-order valence-corrected chi connectivity index (χ0v) is 14.4. The minimum atomic E-state index is -0.170. The van der Waals surface area contributed by atoms with Gasteiger partial charge < -0.3 is 5.32 Å². The topological polar surface area (TPSA) is 59.3 Å². The van der Waals surface area contributed by atoms with Gasteiger partial charge in [0, 0.05) is 18.9 Å². The second kappa shape index (κ2) is 7.01. The summed E-state index contributed by atoms with van der Waals surface area (Å²) >= 11 is 5.97. The molecule has 0 spiro atoms. The third-order valence-electron chi connectivity index (χ3n) is 4.13. The van der Waals surface area contributed by atoms with Gasteiger partial charge in [-0.3, -0.25) is 4.79 Å². The maximum Gasteiger partial charge on any atom is 0.227 e. The Kier molecular flexibility index (Phi) is 4.81. The smallest absolute Gasteiger partial charge is 0.227 e. The van der Waals surface area contributed by atoms with Crippen LogP contribution in [0.5, 0.6) is 0 Å². The van der Waals surface area contributed by atoms with E-state index in [4.69, 9.17) is 11.6 Å².